The Morgan fingerprint density at radius 3 is 2.77 bits per heavy atom. The molecule has 1 aliphatic heterocycles. The topological polar surface area (TPSA) is 70.8 Å². The van der Waals surface area contributed by atoms with E-state index in [0.717, 1.165) is 22.1 Å². The van der Waals surface area contributed by atoms with Crippen molar-refractivity contribution in [3.05, 3.63) is 51.4 Å². The van der Waals surface area contributed by atoms with Gasteiger partial charge in [0.1, 0.15) is 11.3 Å². The van der Waals surface area contributed by atoms with Crippen LogP contribution in [0.2, 0.25) is 0 Å². The number of halogens is 1. The van der Waals surface area contributed by atoms with Crippen LogP contribution in [0.25, 0.3) is 0 Å². The van der Waals surface area contributed by atoms with E-state index in [1.165, 1.54) is 6.07 Å². The quantitative estimate of drug-likeness (QED) is 0.905. The number of rotatable bonds is 3. The van der Waals surface area contributed by atoms with Crippen molar-refractivity contribution in [1.82, 2.24) is 0 Å². The Morgan fingerprint density at radius 1 is 1.36 bits per heavy atom. The summed E-state index contributed by atoms with van der Waals surface area (Å²) in [6.45, 7) is 2.36. The number of furan rings is 1. The van der Waals surface area contributed by atoms with Gasteiger partial charge in [-0.1, -0.05) is 22.9 Å². The minimum Gasteiger partial charge on any atom is -0.478 e. The Bertz CT molecular complexity index is 766. The van der Waals surface area contributed by atoms with Crippen molar-refractivity contribution in [1.29, 1.82) is 0 Å². The van der Waals surface area contributed by atoms with Crippen molar-refractivity contribution in [2.75, 3.05) is 11.4 Å². The van der Waals surface area contributed by atoms with Gasteiger partial charge in [0, 0.05) is 29.2 Å². The number of carboxylic acid groups (broad SMARTS) is 1. The fourth-order valence-corrected chi connectivity index (χ4v) is 3.10. The molecule has 0 saturated carbocycles. The zero-order valence-corrected chi connectivity index (χ0v) is 13.5. The highest BCUT2D eigenvalue weighted by atomic mass is 79.9. The molecule has 0 unspecified atom stereocenters. The van der Waals surface area contributed by atoms with Gasteiger partial charge in [0.2, 0.25) is 0 Å². The van der Waals surface area contributed by atoms with E-state index in [2.05, 4.69) is 15.9 Å². The number of anilines is 1. The summed E-state index contributed by atoms with van der Waals surface area (Å²) in [4.78, 5) is 25.4. The first-order valence-electron chi connectivity index (χ1n) is 6.97. The number of carbonyl (C=O) groups is 2. The average Bonchev–Trinajstić information content (AvgIpc) is 3.09. The van der Waals surface area contributed by atoms with Gasteiger partial charge >= 0.3 is 5.97 Å². The second-order valence-corrected chi connectivity index (χ2v) is 6.00. The first kappa shape index (κ1) is 14.8. The molecule has 1 aromatic heterocycles. The lowest BCUT2D eigenvalue weighted by Crippen LogP contribution is -2.28. The van der Waals surface area contributed by atoms with Crippen LogP contribution in [0.3, 0.4) is 0 Å². The summed E-state index contributed by atoms with van der Waals surface area (Å²) in [6, 6.07) is 7.07. The third kappa shape index (κ3) is 2.43. The standard InChI is InChI=1S/C16H14BrNO4/c1-2-13-11(16(20)21)8-14(22-13)15(19)18-6-5-9-7-10(17)3-4-12(9)18/h3-4,7-8H,2,5-6H2,1H3,(H,20,21). The minimum absolute atomic E-state index is 0.0566. The van der Waals surface area contributed by atoms with Crippen molar-refractivity contribution >= 4 is 33.5 Å². The molecule has 0 spiro atoms. The van der Waals surface area contributed by atoms with E-state index in [9.17, 15) is 9.59 Å². The van der Waals surface area contributed by atoms with Crippen LogP contribution in [0.5, 0.6) is 0 Å². The molecule has 0 bridgehead atoms. The molecule has 0 aliphatic carbocycles. The molecule has 2 heterocycles. The summed E-state index contributed by atoms with van der Waals surface area (Å²) < 4.78 is 6.43. The third-order valence-electron chi connectivity index (χ3n) is 3.75. The Morgan fingerprint density at radius 2 is 2.14 bits per heavy atom. The highest BCUT2D eigenvalue weighted by molar-refractivity contribution is 9.10. The number of fused-ring (bicyclic) bond motifs is 1. The number of aromatic carboxylic acids is 1. The molecule has 6 heteroatoms. The fourth-order valence-electron chi connectivity index (χ4n) is 2.69. The van der Waals surface area contributed by atoms with Crippen molar-refractivity contribution in [3.8, 4) is 0 Å². The second-order valence-electron chi connectivity index (χ2n) is 5.09. The maximum Gasteiger partial charge on any atom is 0.339 e. The van der Waals surface area contributed by atoms with Crippen LogP contribution < -0.4 is 4.90 Å². The molecule has 1 aliphatic rings. The summed E-state index contributed by atoms with van der Waals surface area (Å²) in [5, 5.41) is 9.16. The summed E-state index contributed by atoms with van der Waals surface area (Å²) in [6.07, 6.45) is 1.20. The molecule has 0 saturated heterocycles. The Labute approximate surface area is 135 Å². The molecular weight excluding hydrogens is 350 g/mol. The third-order valence-corrected chi connectivity index (χ3v) is 4.25. The zero-order valence-electron chi connectivity index (χ0n) is 11.9. The predicted molar refractivity (Wildman–Crippen MR) is 84.6 cm³/mol. The molecule has 0 radical (unpaired) electrons. The molecule has 0 atom stereocenters. The van der Waals surface area contributed by atoms with Gasteiger partial charge in [-0.05, 0) is 30.2 Å². The number of carbonyl (C=O) groups excluding carboxylic acids is 1. The van der Waals surface area contributed by atoms with E-state index in [-0.39, 0.29) is 17.2 Å². The SMILES string of the molecule is CCc1oc(C(=O)N2CCc3cc(Br)ccc32)cc1C(=O)O. The average molecular weight is 364 g/mol. The summed E-state index contributed by atoms with van der Waals surface area (Å²) in [5.41, 5.74) is 1.99. The Hall–Kier alpha value is -2.08. The lowest BCUT2D eigenvalue weighted by Gasteiger charge is -2.15. The molecular formula is C16H14BrNO4. The van der Waals surface area contributed by atoms with E-state index < -0.39 is 5.97 Å². The van der Waals surface area contributed by atoms with Gasteiger partial charge < -0.3 is 14.4 Å². The minimum atomic E-state index is -1.08. The van der Waals surface area contributed by atoms with Crippen LogP contribution in [-0.4, -0.2) is 23.5 Å². The first-order valence-corrected chi connectivity index (χ1v) is 7.77. The highest BCUT2D eigenvalue weighted by Gasteiger charge is 2.29. The first-order chi connectivity index (χ1) is 10.5. The monoisotopic (exact) mass is 363 g/mol. The Balaban J connectivity index is 1.95. The molecule has 1 amide bonds. The van der Waals surface area contributed by atoms with E-state index >= 15 is 0 Å². The van der Waals surface area contributed by atoms with Crippen LogP contribution in [0, 0.1) is 0 Å². The molecule has 5 nitrogen and oxygen atoms in total. The van der Waals surface area contributed by atoms with Crippen LogP contribution in [-0.2, 0) is 12.8 Å². The van der Waals surface area contributed by atoms with Gasteiger partial charge in [-0.25, -0.2) is 4.79 Å². The molecule has 114 valence electrons. The number of carboxylic acids is 1. The van der Waals surface area contributed by atoms with Gasteiger partial charge in [0.05, 0.1) is 0 Å². The van der Waals surface area contributed by atoms with Crippen molar-refractivity contribution < 1.29 is 19.1 Å². The van der Waals surface area contributed by atoms with Crippen molar-refractivity contribution in [2.45, 2.75) is 19.8 Å². The molecule has 0 fully saturated rings. The normalized spacial score (nSPS) is 13.3. The molecule has 2 aromatic rings. The zero-order chi connectivity index (χ0) is 15.9. The van der Waals surface area contributed by atoms with Gasteiger partial charge in [0.25, 0.3) is 5.91 Å². The van der Waals surface area contributed by atoms with Gasteiger partial charge in [-0.15, -0.1) is 0 Å². The number of benzene rings is 1. The van der Waals surface area contributed by atoms with E-state index in [1.54, 1.807) is 11.8 Å². The predicted octanol–water partition coefficient (Wildman–Crippen LogP) is 3.51. The maximum absolute atomic E-state index is 12.6. The number of nitrogens with zero attached hydrogens (tertiary/aromatic N) is 1. The summed E-state index contributed by atoms with van der Waals surface area (Å²) in [5.74, 6) is -0.982. The van der Waals surface area contributed by atoms with E-state index in [0.29, 0.717) is 18.7 Å². The fraction of sp³-hybridized carbons (Fsp3) is 0.250. The number of amides is 1. The van der Waals surface area contributed by atoms with Crippen molar-refractivity contribution in [3.63, 3.8) is 0 Å². The van der Waals surface area contributed by atoms with Gasteiger partial charge in [-0.2, -0.15) is 0 Å². The highest BCUT2D eigenvalue weighted by Crippen LogP contribution is 2.32. The van der Waals surface area contributed by atoms with E-state index in [4.69, 9.17) is 9.52 Å². The number of hydrogen-bond acceptors (Lipinski definition) is 3. The van der Waals surface area contributed by atoms with Crippen LogP contribution in [0.4, 0.5) is 5.69 Å². The summed E-state index contributed by atoms with van der Waals surface area (Å²) in [7, 11) is 0. The lowest BCUT2D eigenvalue weighted by atomic mass is 10.2. The van der Waals surface area contributed by atoms with E-state index in [1.807, 2.05) is 18.2 Å². The van der Waals surface area contributed by atoms with Crippen LogP contribution in [0.1, 0.15) is 39.2 Å². The summed E-state index contributed by atoms with van der Waals surface area (Å²) >= 11 is 3.42. The van der Waals surface area contributed by atoms with Gasteiger partial charge in [-0.3, -0.25) is 4.79 Å². The molecule has 3 rings (SSSR count). The Kier molecular flexibility index (Phi) is 3.78. The van der Waals surface area contributed by atoms with Crippen LogP contribution in [0.15, 0.2) is 33.2 Å². The molecule has 1 aromatic carbocycles. The number of hydrogen-bond donors (Lipinski definition) is 1. The van der Waals surface area contributed by atoms with Crippen molar-refractivity contribution in [2.24, 2.45) is 0 Å². The maximum atomic E-state index is 12.6. The van der Waals surface area contributed by atoms with Crippen LogP contribution >= 0.6 is 15.9 Å². The second kappa shape index (κ2) is 5.61. The number of aryl methyl sites for hydroxylation is 1. The molecule has 1 N–H and O–H groups in total. The molecule has 22 heavy (non-hydrogen) atoms. The smallest absolute Gasteiger partial charge is 0.339 e. The lowest BCUT2D eigenvalue weighted by molar-refractivity contribution is 0.0694. The van der Waals surface area contributed by atoms with Gasteiger partial charge in [0.15, 0.2) is 5.76 Å². The largest absolute Gasteiger partial charge is 0.478 e.